The van der Waals surface area contributed by atoms with Gasteiger partial charge < -0.3 is 10.1 Å². The molecule has 11 heteroatoms. The number of amides is 2. The van der Waals surface area contributed by atoms with Gasteiger partial charge in [0.25, 0.3) is 5.82 Å². The fourth-order valence-corrected chi connectivity index (χ4v) is 5.66. The first-order chi connectivity index (χ1) is 20.3. The van der Waals surface area contributed by atoms with Crippen LogP contribution in [0.15, 0.2) is 54.7 Å². The Balaban J connectivity index is 1.51. The van der Waals surface area contributed by atoms with Gasteiger partial charge >= 0.3 is 6.09 Å². The van der Waals surface area contributed by atoms with Crippen LogP contribution in [0.25, 0.3) is 22.4 Å². The second kappa shape index (κ2) is 10.9. The van der Waals surface area contributed by atoms with E-state index in [4.69, 9.17) is 14.7 Å². The van der Waals surface area contributed by atoms with Crippen molar-refractivity contribution in [2.24, 2.45) is 5.92 Å². The van der Waals surface area contributed by atoms with Crippen molar-refractivity contribution in [2.45, 2.75) is 45.4 Å². The van der Waals surface area contributed by atoms with E-state index in [2.05, 4.69) is 10.6 Å². The highest BCUT2D eigenvalue weighted by Gasteiger charge is 2.40. The normalized spacial score (nSPS) is 17.5. The van der Waals surface area contributed by atoms with Gasteiger partial charge in [-0.15, -0.1) is 4.94 Å². The molecule has 0 saturated heterocycles. The lowest BCUT2D eigenvalue weighted by Crippen LogP contribution is -2.54. The molecule has 2 bridgehead atoms. The highest BCUT2D eigenvalue weighted by atomic mass is 19.1. The zero-order chi connectivity index (χ0) is 29.5. The van der Waals surface area contributed by atoms with Gasteiger partial charge in [0.2, 0.25) is 5.91 Å². The summed E-state index contributed by atoms with van der Waals surface area (Å²) in [7, 11) is 1.28. The largest absolute Gasteiger partial charge is 0.453 e. The number of imidazole rings is 1. The molecule has 2 atom stereocenters. The summed E-state index contributed by atoms with van der Waals surface area (Å²) >= 11 is 0. The monoisotopic (exact) mass is 574 g/mol. The third-order valence-corrected chi connectivity index (χ3v) is 7.86. The van der Waals surface area contributed by atoms with Crippen molar-refractivity contribution < 1.29 is 32.8 Å². The number of ether oxygens (including phenoxy) is 1. The average molecular weight is 575 g/mol. The summed E-state index contributed by atoms with van der Waals surface area (Å²) in [6.07, 6.45) is 3.54. The SMILES string of the molecule is CCc1c2nc3n1O[n+]1cc(-c4c(F)cccc4F)ccc1[C@H]3CCCC(C)C(=O)Nc1cc(NC(=O)OC)ccc1-2. The number of anilines is 2. The maximum absolute atomic E-state index is 14.7. The van der Waals surface area contributed by atoms with E-state index in [0.717, 1.165) is 17.8 Å². The van der Waals surface area contributed by atoms with Gasteiger partial charge in [0.15, 0.2) is 11.4 Å². The van der Waals surface area contributed by atoms with Crippen molar-refractivity contribution in [3.05, 3.63) is 83.6 Å². The van der Waals surface area contributed by atoms with Crippen LogP contribution in [0.5, 0.6) is 0 Å². The number of rotatable bonds is 3. The number of hydrogen-bond acceptors (Lipinski definition) is 5. The Morgan fingerprint density at radius 1 is 1.19 bits per heavy atom. The van der Waals surface area contributed by atoms with Crippen LogP contribution < -0.4 is 20.3 Å². The summed E-state index contributed by atoms with van der Waals surface area (Å²) < 4.78 is 37.3. The van der Waals surface area contributed by atoms with E-state index in [1.807, 2.05) is 19.9 Å². The molecular weight excluding hydrogens is 544 g/mol. The first kappa shape index (κ1) is 27.4. The molecule has 216 valence electrons. The topological polar surface area (TPSA) is 98.4 Å². The van der Waals surface area contributed by atoms with Crippen molar-refractivity contribution in [3.8, 4) is 22.4 Å². The summed E-state index contributed by atoms with van der Waals surface area (Å²) in [4.78, 5) is 36.5. The Hall–Kier alpha value is -4.80. The molecule has 1 unspecified atom stereocenters. The molecule has 2 aromatic heterocycles. The number of aromatic nitrogens is 3. The molecule has 42 heavy (non-hydrogen) atoms. The minimum atomic E-state index is -0.662. The molecule has 0 radical (unpaired) electrons. The number of benzene rings is 2. The van der Waals surface area contributed by atoms with E-state index in [9.17, 15) is 18.4 Å². The minimum Gasteiger partial charge on any atom is -0.453 e. The quantitative estimate of drug-likeness (QED) is 0.310. The standard InChI is InChI=1S/C31H29F2N5O4/c1-4-25-28-20-13-12-19(34-31(40)41-3)15-24(20)35-30(39)17(2)7-5-8-21-26-14-11-18(27-22(32)9-6-10-23(27)33)16-37(26)42-38(25)29(21)36-28/h6,9-17,21H,4-5,7-8H2,1-3H3,(H-,34,35,39,40)/p+1/t17?,21-/m1/s1. The van der Waals surface area contributed by atoms with Crippen LogP contribution in [-0.4, -0.2) is 28.8 Å². The van der Waals surface area contributed by atoms with Crippen LogP contribution in [0.2, 0.25) is 0 Å². The van der Waals surface area contributed by atoms with Gasteiger partial charge in [-0.2, -0.15) is 0 Å². The molecular formula is C31H30F2N5O4+. The number of hydrogen-bond donors (Lipinski definition) is 2. The van der Waals surface area contributed by atoms with E-state index in [0.29, 0.717) is 53.3 Å². The van der Waals surface area contributed by atoms with Gasteiger partial charge in [0.05, 0.1) is 18.4 Å². The molecule has 2 amide bonds. The van der Waals surface area contributed by atoms with E-state index in [-0.39, 0.29) is 23.3 Å². The third kappa shape index (κ3) is 4.74. The Morgan fingerprint density at radius 2 is 1.98 bits per heavy atom. The Bertz CT molecular complexity index is 1700. The summed E-state index contributed by atoms with van der Waals surface area (Å²) in [6, 6.07) is 12.5. The zero-order valence-electron chi connectivity index (χ0n) is 23.4. The second-order valence-electron chi connectivity index (χ2n) is 10.5. The van der Waals surface area contributed by atoms with Crippen LogP contribution >= 0.6 is 0 Å². The number of nitrogens with one attached hydrogen (secondary N) is 2. The van der Waals surface area contributed by atoms with Crippen molar-refractivity contribution in [2.75, 3.05) is 17.7 Å². The molecule has 0 spiro atoms. The van der Waals surface area contributed by atoms with Crippen LogP contribution in [0, 0.1) is 17.6 Å². The Labute approximate surface area is 241 Å². The number of carbonyl (C=O) groups excluding carboxylic acids is 2. The molecule has 0 aliphatic carbocycles. The number of carbonyl (C=O) groups is 2. The van der Waals surface area contributed by atoms with Crippen molar-refractivity contribution in [1.29, 1.82) is 0 Å². The van der Waals surface area contributed by atoms with E-state index in [1.54, 1.807) is 39.9 Å². The fraction of sp³-hybridized carbons (Fsp3) is 0.290. The lowest BCUT2D eigenvalue weighted by atomic mass is 9.92. The fourth-order valence-electron chi connectivity index (χ4n) is 5.66. The molecule has 0 saturated carbocycles. The number of pyridine rings is 1. The highest BCUT2D eigenvalue weighted by molar-refractivity contribution is 5.98. The van der Waals surface area contributed by atoms with Crippen molar-refractivity contribution >= 4 is 23.4 Å². The van der Waals surface area contributed by atoms with E-state index >= 15 is 0 Å². The van der Waals surface area contributed by atoms with Gasteiger partial charge in [-0.05, 0) is 64.8 Å². The van der Waals surface area contributed by atoms with Crippen molar-refractivity contribution in [1.82, 2.24) is 9.71 Å². The molecule has 2 N–H and O–H groups in total. The van der Waals surface area contributed by atoms with Gasteiger partial charge in [-0.1, -0.05) is 26.3 Å². The molecule has 2 aliphatic heterocycles. The molecule has 9 nitrogen and oxygen atoms in total. The first-order valence-electron chi connectivity index (χ1n) is 13.9. The van der Waals surface area contributed by atoms with Gasteiger partial charge in [-0.3, -0.25) is 10.1 Å². The summed E-state index contributed by atoms with van der Waals surface area (Å²) in [5, 5.41) is 5.67. The van der Waals surface area contributed by atoms with Crippen LogP contribution in [0.3, 0.4) is 0 Å². The van der Waals surface area contributed by atoms with Crippen molar-refractivity contribution in [3.63, 3.8) is 0 Å². The maximum atomic E-state index is 14.7. The molecule has 2 aliphatic rings. The minimum absolute atomic E-state index is 0.129. The number of fused-ring (bicyclic) bond motifs is 5. The van der Waals surface area contributed by atoms with E-state index < -0.39 is 17.7 Å². The highest BCUT2D eigenvalue weighted by Crippen LogP contribution is 2.39. The summed E-state index contributed by atoms with van der Waals surface area (Å²) in [5.41, 5.74) is 3.98. The predicted molar refractivity (Wildman–Crippen MR) is 151 cm³/mol. The molecule has 4 heterocycles. The smallest absolute Gasteiger partial charge is 0.411 e. The maximum Gasteiger partial charge on any atom is 0.411 e. The van der Waals surface area contributed by atoms with Gasteiger partial charge in [0, 0.05) is 29.2 Å². The first-order valence-corrected chi connectivity index (χ1v) is 13.9. The Morgan fingerprint density at radius 3 is 2.71 bits per heavy atom. The molecule has 0 fully saturated rings. The van der Waals surface area contributed by atoms with Gasteiger partial charge in [-0.25, -0.2) is 18.6 Å². The lowest BCUT2D eigenvalue weighted by Gasteiger charge is -2.21. The second-order valence-corrected chi connectivity index (χ2v) is 10.5. The average Bonchev–Trinajstić information content (AvgIpc) is 3.34. The molecule has 2 aromatic carbocycles. The zero-order valence-corrected chi connectivity index (χ0v) is 23.4. The summed E-state index contributed by atoms with van der Waals surface area (Å²) in [6.45, 7) is 3.86. The van der Waals surface area contributed by atoms with Gasteiger partial charge in [0.1, 0.15) is 29.4 Å². The number of methoxy groups -OCH3 is 1. The third-order valence-electron chi connectivity index (χ3n) is 7.86. The van der Waals surface area contributed by atoms with E-state index in [1.165, 1.54) is 25.3 Å². The van der Waals surface area contributed by atoms with Crippen LogP contribution in [-0.2, 0) is 16.0 Å². The number of nitrogens with zero attached hydrogens (tertiary/aromatic N) is 3. The Kier molecular flexibility index (Phi) is 7.09. The summed E-state index contributed by atoms with van der Waals surface area (Å²) in [5.74, 6) is -1.23. The van der Waals surface area contributed by atoms with Crippen LogP contribution in [0.4, 0.5) is 25.0 Å². The predicted octanol–water partition coefficient (Wildman–Crippen LogP) is 5.62. The molecule has 6 rings (SSSR count). The van der Waals surface area contributed by atoms with Crippen LogP contribution in [0.1, 0.15) is 56.2 Å². The molecule has 4 aromatic rings. The number of halogens is 2. The lowest BCUT2D eigenvalue weighted by molar-refractivity contribution is -0.914.